The van der Waals surface area contributed by atoms with Crippen molar-refractivity contribution in [1.82, 2.24) is 15.1 Å². The number of benzene rings is 3. The lowest BCUT2D eigenvalue weighted by Gasteiger charge is -2.35. The predicted octanol–water partition coefficient (Wildman–Crippen LogP) is 2.57. The van der Waals surface area contributed by atoms with Crippen molar-refractivity contribution in [2.45, 2.75) is 31.5 Å². The van der Waals surface area contributed by atoms with E-state index >= 15 is 0 Å². The van der Waals surface area contributed by atoms with Crippen LogP contribution in [0.3, 0.4) is 0 Å². The number of carboxylic acids is 1. The molecule has 3 aromatic carbocycles. The number of carbonyl (C=O) groups excluding carboxylic acids is 3. The first-order chi connectivity index (χ1) is 18.3. The molecule has 0 saturated carbocycles. The van der Waals surface area contributed by atoms with E-state index in [-0.39, 0.29) is 43.7 Å². The Morgan fingerprint density at radius 2 is 1.50 bits per heavy atom. The molecule has 2 amide bonds. The van der Waals surface area contributed by atoms with E-state index in [1.165, 1.54) is 4.90 Å². The third-order valence-corrected chi connectivity index (χ3v) is 6.70. The lowest BCUT2D eigenvalue weighted by Crippen LogP contribution is -2.52. The summed E-state index contributed by atoms with van der Waals surface area (Å²) in [5.74, 6) is -2.02. The fourth-order valence-corrected chi connectivity index (χ4v) is 4.69. The van der Waals surface area contributed by atoms with Crippen LogP contribution in [-0.4, -0.2) is 70.7 Å². The lowest BCUT2D eigenvalue weighted by atomic mass is 9.94. The first kappa shape index (κ1) is 26.8. The van der Waals surface area contributed by atoms with Gasteiger partial charge < -0.3 is 15.3 Å². The minimum Gasteiger partial charge on any atom is -0.480 e. The minimum absolute atomic E-state index is 0.0829. The van der Waals surface area contributed by atoms with Crippen LogP contribution in [0.5, 0.6) is 0 Å². The van der Waals surface area contributed by atoms with Crippen LogP contribution in [0.15, 0.2) is 84.9 Å². The van der Waals surface area contributed by atoms with Gasteiger partial charge in [-0.15, -0.1) is 0 Å². The van der Waals surface area contributed by atoms with Gasteiger partial charge in [0, 0.05) is 18.5 Å². The van der Waals surface area contributed by atoms with Crippen LogP contribution >= 0.6 is 0 Å². The average molecular weight is 514 g/mol. The third-order valence-electron chi connectivity index (χ3n) is 6.70. The monoisotopic (exact) mass is 513 g/mol. The van der Waals surface area contributed by atoms with E-state index < -0.39 is 18.1 Å². The van der Waals surface area contributed by atoms with Gasteiger partial charge in [0.25, 0.3) is 5.91 Å². The summed E-state index contributed by atoms with van der Waals surface area (Å²) in [6.45, 7) is 0.000373. The highest BCUT2D eigenvalue weighted by atomic mass is 16.4. The summed E-state index contributed by atoms with van der Waals surface area (Å²) >= 11 is 0. The molecule has 4 rings (SSSR count). The second kappa shape index (κ2) is 12.3. The zero-order valence-electron chi connectivity index (χ0n) is 21.2. The molecule has 1 heterocycles. The van der Waals surface area contributed by atoms with E-state index in [2.05, 4.69) is 5.32 Å². The Kier molecular flexibility index (Phi) is 8.66. The lowest BCUT2D eigenvalue weighted by molar-refractivity contribution is -0.151. The number of fused-ring (bicyclic) bond motifs is 1. The molecule has 1 aliphatic rings. The van der Waals surface area contributed by atoms with Gasteiger partial charge in [-0.2, -0.15) is 0 Å². The molecule has 2 atom stereocenters. The third kappa shape index (κ3) is 6.72. The molecule has 0 bridgehead atoms. The maximum atomic E-state index is 13.3. The van der Waals surface area contributed by atoms with Crippen LogP contribution < -0.4 is 5.32 Å². The molecule has 2 N–H and O–H groups in total. The molecule has 0 aromatic heterocycles. The molecule has 0 saturated heterocycles. The highest BCUT2D eigenvalue weighted by Gasteiger charge is 2.35. The van der Waals surface area contributed by atoms with E-state index in [0.29, 0.717) is 12.0 Å². The van der Waals surface area contributed by atoms with Gasteiger partial charge in [0.05, 0.1) is 19.1 Å². The molecule has 1 aliphatic heterocycles. The number of likely N-dealkylation sites (N-methyl/N-ethyl adjacent to an activating group) is 1. The van der Waals surface area contributed by atoms with Crippen LogP contribution in [0.1, 0.15) is 27.0 Å². The van der Waals surface area contributed by atoms with Gasteiger partial charge in [0.1, 0.15) is 6.04 Å². The highest BCUT2D eigenvalue weighted by Crippen LogP contribution is 2.23. The quantitative estimate of drug-likeness (QED) is 0.432. The molecule has 0 fully saturated rings. The van der Waals surface area contributed by atoms with Gasteiger partial charge in [0.15, 0.2) is 5.78 Å². The zero-order valence-corrected chi connectivity index (χ0v) is 21.2. The molecular weight excluding hydrogens is 482 g/mol. The first-order valence-corrected chi connectivity index (χ1v) is 12.5. The molecule has 196 valence electrons. The summed E-state index contributed by atoms with van der Waals surface area (Å²) < 4.78 is 0. The van der Waals surface area contributed by atoms with Crippen molar-refractivity contribution < 1.29 is 24.3 Å². The van der Waals surface area contributed by atoms with E-state index in [1.807, 2.05) is 60.7 Å². The average Bonchev–Trinajstić information content (AvgIpc) is 2.92. The number of Topliss-reactive ketones (excluding diaryl/α,β-unsaturated/α-hetero) is 1. The fraction of sp³-hybridized carbons (Fsp3) is 0.267. The Morgan fingerprint density at radius 3 is 2.16 bits per heavy atom. The zero-order chi connectivity index (χ0) is 27.1. The number of nitrogens with one attached hydrogen (secondary N) is 1. The van der Waals surface area contributed by atoms with Crippen molar-refractivity contribution in [3.05, 3.63) is 107 Å². The Morgan fingerprint density at radius 1 is 0.895 bits per heavy atom. The number of hydrogen-bond acceptors (Lipinski definition) is 5. The maximum Gasteiger partial charge on any atom is 0.326 e. The van der Waals surface area contributed by atoms with Gasteiger partial charge in [-0.05, 0) is 42.3 Å². The number of rotatable bonds is 10. The van der Waals surface area contributed by atoms with Crippen molar-refractivity contribution in [1.29, 1.82) is 0 Å². The van der Waals surface area contributed by atoms with E-state index in [4.69, 9.17) is 0 Å². The van der Waals surface area contributed by atoms with Crippen molar-refractivity contribution in [3.63, 3.8) is 0 Å². The summed E-state index contributed by atoms with van der Waals surface area (Å²) in [5.41, 5.74) is 3.19. The van der Waals surface area contributed by atoms with Crippen molar-refractivity contribution in [2.75, 3.05) is 20.1 Å². The summed E-state index contributed by atoms with van der Waals surface area (Å²) in [5, 5.41) is 12.6. The molecule has 38 heavy (non-hydrogen) atoms. The second-order valence-corrected chi connectivity index (χ2v) is 9.57. The van der Waals surface area contributed by atoms with Gasteiger partial charge in [-0.1, -0.05) is 72.8 Å². The van der Waals surface area contributed by atoms with Crippen molar-refractivity contribution >= 4 is 23.6 Å². The maximum absolute atomic E-state index is 13.3. The number of nitrogens with zero attached hydrogens (tertiary/aromatic N) is 2. The smallest absolute Gasteiger partial charge is 0.326 e. The standard InChI is InChI=1S/C30H31N3O5/c1-32(20-28(35)33-18-24-15-9-8-14-23(24)17-26(33)30(37)38)19-27(34)25(16-21-10-4-2-5-11-21)31-29(36)22-12-6-3-7-13-22/h2-15,25-26H,16-20H2,1H3,(H,31,36)(H,37,38)/t25?,26-/m0/s1. The van der Waals surface area contributed by atoms with Crippen LogP contribution in [0, 0.1) is 0 Å². The number of hydrogen-bond donors (Lipinski definition) is 2. The minimum atomic E-state index is -1.06. The molecule has 3 aromatic rings. The van der Waals surface area contributed by atoms with Crippen molar-refractivity contribution in [2.24, 2.45) is 0 Å². The van der Waals surface area contributed by atoms with E-state index in [0.717, 1.165) is 16.7 Å². The normalized spacial score (nSPS) is 15.4. The van der Waals surface area contributed by atoms with Crippen LogP contribution in [0.2, 0.25) is 0 Å². The Bertz CT molecular complexity index is 1300. The van der Waals surface area contributed by atoms with Crippen LogP contribution in [0.4, 0.5) is 0 Å². The Labute approximate surface area is 221 Å². The predicted molar refractivity (Wildman–Crippen MR) is 142 cm³/mol. The summed E-state index contributed by atoms with van der Waals surface area (Å²) in [6.07, 6.45) is 0.550. The summed E-state index contributed by atoms with van der Waals surface area (Å²) in [7, 11) is 1.64. The van der Waals surface area contributed by atoms with E-state index in [1.54, 1.807) is 36.2 Å². The highest BCUT2D eigenvalue weighted by molar-refractivity contribution is 5.98. The number of aliphatic carboxylic acids is 1. The molecule has 1 unspecified atom stereocenters. The first-order valence-electron chi connectivity index (χ1n) is 12.5. The molecule has 0 radical (unpaired) electrons. The summed E-state index contributed by atoms with van der Waals surface area (Å²) in [4.78, 5) is 54.2. The molecular formula is C30H31N3O5. The van der Waals surface area contributed by atoms with Gasteiger partial charge in [0.2, 0.25) is 5.91 Å². The number of ketones is 1. The van der Waals surface area contributed by atoms with Crippen molar-refractivity contribution in [3.8, 4) is 0 Å². The topological polar surface area (TPSA) is 107 Å². The number of amides is 2. The largest absolute Gasteiger partial charge is 0.480 e. The summed E-state index contributed by atoms with van der Waals surface area (Å²) in [6, 6.07) is 23.8. The van der Waals surface area contributed by atoms with Gasteiger partial charge >= 0.3 is 5.97 Å². The number of carboxylic acid groups (broad SMARTS) is 1. The fourth-order valence-electron chi connectivity index (χ4n) is 4.69. The van der Waals surface area contributed by atoms with E-state index in [9.17, 15) is 24.3 Å². The molecule has 0 aliphatic carbocycles. The molecule has 8 nitrogen and oxygen atoms in total. The molecule has 0 spiro atoms. The SMILES string of the molecule is CN(CC(=O)C(Cc1ccccc1)NC(=O)c1ccccc1)CC(=O)N1Cc2ccccc2C[C@H]1C(=O)O. The van der Waals surface area contributed by atoms with Gasteiger partial charge in [-0.25, -0.2) is 4.79 Å². The Balaban J connectivity index is 1.43. The number of carbonyl (C=O) groups is 4. The second-order valence-electron chi connectivity index (χ2n) is 9.57. The van der Waals surface area contributed by atoms with Crippen LogP contribution in [0.25, 0.3) is 0 Å². The molecule has 8 heteroatoms. The Hall–Kier alpha value is -4.30. The van der Waals surface area contributed by atoms with Crippen LogP contribution in [-0.2, 0) is 33.8 Å². The van der Waals surface area contributed by atoms with Gasteiger partial charge in [-0.3, -0.25) is 19.3 Å².